The fraction of sp³-hybridized carbons (Fsp3) is 0.0952. The van der Waals surface area contributed by atoms with Crippen LogP contribution in [0.15, 0.2) is 64.5 Å². The summed E-state index contributed by atoms with van der Waals surface area (Å²) in [4.78, 5) is 30.0. The van der Waals surface area contributed by atoms with Crippen LogP contribution in [0.4, 0.5) is 5.95 Å². The van der Waals surface area contributed by atoms with Crippen molar-refractivity contribution in [1.82, 2.24) is 9.97 Å². The molecule has 0 bridgehead atoms. The maximum Gasteiger partial charge on any atom is 0.344 e. The van der Waals surface area contributed by atoms with Crippen molar-refractivity contribution in [2.45, 2.75) is 13.0 Å². The van der Waals surface area contributed by atoms with Gasteiger partial charge in [-0.05, 0) is 19.1 Å². The first-order valence-corrected chi connectivity index (χ1v) is 8.87. The molecule has 0 aliphatic rings. The van der Waals surface area contributed by atoms with Crippen molar-refractivity contribution in [3.63, 3.8) is 0 Å². The van der Waals surface area contributed by atoms with Gasteiger partial charge in [-0.3, -0.25) is 9.78 Å². The van der Waals surface area contributed by atoms with Crippen molar-refractivity contribution in [3.8, 4) is 23.1 Å². The van der Waals surface area contributed by atoms with Crippen LogP contribution in [-0.2, 0) is 4.79 Å². The Morgan fingerprint density at radius 1 is 1.27 bits per heavy atom. The van der Waals surface area contributed by atoms with Crippen molar-refractivity contribution in [1.29, 1.82) is 5.26 Å². The van der Waals surface area contributed by atoms with Gasteiger partial charge < -0.3 is 9.84 Å². The second kappa shape index (κ2) is 9.16. The molecule has 9 nitrogen and oxygen atoms in total. The number of carboxylic acids is 1. The predicted molar refractivity (Wildman–Crippen MR) is 110 cm³/mol. The molecule has 0 radical (unpaired) electrons. The number of hydrogen-bond donors (Lipinski definition) is 3. The molecule has 3 N–H and O–H groups in total. The molecule has 150 valence electrons. The van der Waals surface area contributed by atoms with E-state index >= 15 is 0 Å². The van der Waals surface area contributed by atoms with Gasteiger partial charge in [0.15, 0.2) is 6.10 Å². The summed E-state index contributed by atoms with van der Waals surface area (Å²) in [5.41, 5.74) is 3.31. The lowest BCUT2D eigenvalue weighted by molar-refractivity contribution is -0.144. The van der Waals surface area contributed by atoms with E-state index < -0.39 is 17.6 Å². The van der Waals surface area contributed by atoms with E-state index in [2.05, 4.69) is 20.5 Å². The summed E-state index contributed by atoms with van der Waals surface area (Å²) in [6.07, 6.45) is 0.377. The Bertz CT molecular complexity index is 1180. The summed E-state index contributed by atoms with van der Waals surface area (Å²) < 4.78 is 5.41. The van der Waals surface area contributed by atoms with Crippen molar-refractivity contribution >= 4 is 18.1 Å². The third-order valence-electron chi connectivity index (χ3n) is 4.02. The van der Waals surface area contributed by atoms with Crippen LogP contribution < -0.4 is 15.7 Å². The van der Waals surface area contributed by atoms with Gasteiger partial charge >= 0.3 is 5.97 Å². The first-order valence-electron chi connectivity index (χ1n) is 8.87. The number of para-hydroxylation sites is 1. The number of rotatable bonds is 7. The van der Waals surface area contributed by atoms with Crippen LogP contribution in [-0.4, -0.2) is 33.4 Å². The average molecular weight is 403 g/mol. The number of nitrogens with zero attached hydrogens (tertiary/aromatic N) is 3. The van der Waals surface area contributed by atoms with Gasteiger partial charge in [-0.25, -0.2) is 15.2 Å². The first kappa shape index (κ1) is 20.3. The Labute approximate surface area is 171 Å². The van der Waals surface area contributed by atoms with Gasteiger partial charge in [0, 0.05) is 11.1 Å². The average Bonchev–Trinajstić information content (AvgIpc) is 2.75. The molecule has 30 heavy (non-hydrogen) atoms. The van der Waals surface area contributed by atoms with Crippen molar-refractivity contribution < 1.29 is 14.6 Å². The van der Waals surface area contributed by atoms with Gasteiger partial charge in [0.05, 0.1) is 11.9 Å². The highest BCUT2D eigenvalue weighted by atomic mass is 16.5. The standard InChI is InChI=1S/C21H17N5O4/c1-13(20(28)29)30-17-10-6-5-9-15(17)12-23-26-21-24-18(14-7-3-2-4-8-14)16(11-22)19(27)25-21/h2-10,12-13H,1H3,(H,28,29)(H2,24,25,26,27). The molecule has 0 saturated carbocycles. The number of nitriles is 1. The van der Waals surface area contributed by atoms with E-state index in [0.29, 0.717) is 16.9 Å². The topological polar surface area (TPSA) is 140 Å². The Balaban J connectivity index is 1.86. The molecule has 1 unspecified atom stereocenters. The second-order valence-electron chi connectivity index (χ2n) is 6.12. The molecule has 9 heteroatoms. The van der Waals surface area contributed by atoms with Gasteiger partial charge in [-0.2, -0.15) is 10.4 Å². The van der Waals surface area contributed by atoms with E-state index in [1.54, 1.807) is 48.5 Å². The largest absolute Gasteiger partial charge is 0.479 e. The minimum atomic E-state index is -1.09. The Hall–Kier alpha value is -4.45. The molecule has 2 aromatic carbocycles. The van der Waals surface area contributed by atoms with Gasteiger partial charge in [0.1, 0.15) is 17.4 Å². The molecular formula is C21H17N5O4. The molecule has 3 aromatic rings. The molecular weight excluding hydrogens is 386 g/mol. The van der Waals surface area contributed by atoms with E-state index in [-0.39, 0.29) is 17.2 Å². The minimum Gasteiger partial charge on any atom is -0.479 e. The summed E-state index contributed by atoms with van der Waals surface area (Å²) >= 11 is 0. The number of benzene rings is 2. The van der Waals surface area contributed by atoms with Gasteiger partial charge in [0.25, 0.3) is 5.56 Å². The highest BCUT2D eigenvalue weighted by Crippen LogP contribution is 2.20. The van der Waals surface area contributed by atoms with Crippen LogP contribution in [0, 0.1) is 11.3 Å². The summed E-state index contributed by atoms with van der Waals surface area (Å²) in [6, 6.07) is 17.5. The number of anilines is 1. The first-order chi connectivity index (χ1) is 14.5. The Morgan fingerprint density at radius 3 is 2.67 bits per heavy atom. The van der Waals surface area contributed by atoms with E-state index in [0.717, 1.165) is 0 Å². The molecule has 0 amide bonds. The number of aromatic amines is 1. The number of H-pyrrole nitrogens is 1. The van der Waals surface area contributed by atoms with Gasteiger partial charge in [0.2, 0.25) is 5.95 Å². The Morgan fingerprint density at radius 2 is 1.97 bits per heavy atom. The second-order valence-corrected chi connectivity index (χ2v) is 6.12. The lowest BCUT2D eigenvalue weighted by atomic mass is 10.1. The molecule has 0 fully saturated rings. The lowest BCUT2D eigenvalue weighted by Crippen LogP contribution is -2.23. The maximum atomic E-state index is 12.3. The zero-order valence-electron chi connectivity index (χ0n) is 15.9. The summed E-state index contributed by atoms with van der Waals surface area (Å²) in [5.74, 6) is -0.705. The Kier molecular flexibility index (Phi) is 6.20. The van der Waals surface area contributed by atoms with Crippen LogP contribution in [0.25, 0.3) is 11.3 Å². The molecule has 1 aromatic heterocycles. The maximum absolute atomic E-state index is 12.3. The monoisotopic (exact) mass is 403 g/mol. The van der Waals surface area contributed by atoms with Crippen molar-refractivity contribution in [2.75, 3.05) is 5.43 Å². The molecule has 3 rings (SSSR count). The number of aliphatic carboxylic acids is 1. The van der Waals surface area contributed by atoms with Gasteiger partial charge in [-0.15, -0.1) is 0 Å². The van der Waals surface area contributed by atoms with E-state index in [1.807, 2.05) is 12.1 Å². The normalized spacial score (nSPS) is 11.6. The fourth-order valence-electron chi connectivity index (χ4n) is 2.53. The van der Waals surface area contributed by atoms with E-state index in [4.69, 9.17) is 9.84 Å². The number of carboxylic acid groups (broad SMARTS) is 1. The molecule has 0 spiro atoms. The van der Waals surface area contributed by atoms with Gasteiger partial charge in [-0.1, -0.05) is 42.5 Å². The number of hydrogen-bond acceptors (Lipinski definition) is 7. The fourth-order valence-corrected chi connectivity index (χ4v) is 2.53. The zero-order valence-corrected chi connectivity index (χ0v) is 15.9. The number of nitrogens with one attached hydrogen (secondary N) is 2. The van der Waals surface area contributed by atoms with Crippen LogP contribution in [0.1, 0.15) is 18.1 Å². The SMILES string of the molecule is CC(Oc1ccccc1C=NNc1nc(-c2ccccc2)c(C#N)c(=O)[nH]1)C(=O)O. The number of ether oxygens (including phenoxy) is 1. The minimum absolute atomic E-state index is 0.0476. The molecule has 0 aliphatic heterocycles. The van der Waals surface area contributed by atoms with Crippen molar-refractivity contribution in [3.05, 3.63) is 76.1 Å². The van der Waals surface area contributed by atoms with Crippen molar-refractivity contribution in [2.24, 2.45) is 5.10 Å². The van der Waals surface area contributed by atoms with Crippen LogP contribution in [0.5, 0.6) is 5.75 Å². The molecule has 1 heterocycles. The zero-order chi connectivity index (χ0) is 21.5. The highest BCUT2D eigenvalue weighted by Gasteiger charge is 2.14. The van der Waals surface area contributed by atoms with Crippen LogP contribution >= 0.6 is 0 Å². The summed E-state index contributed by atoms with van der Waals surface area (Å²) in [6.45, 7) is 1.42. The summed E-state index contributed by atoms with van der Waals surface area (Å²) in [7, 11) is 0. The highest BCUT2D eigenvalue weighted by molar-refractivity contribution is 5.84. The predicted octanol–water partition coefficient (Wildman–Crippen LogP) is 2.61. The van der Waals surface area contributed by atoms with Crippen LogP contribution in [0.2, 0.25) is 0 Å². The lowest BCUT2D eigenvalue weighted by Gasteiger charge is -2.12. The third-order valence-corrected chi connectivity index (χ3v) is 4.02. The molecule has 1 atom stereocenters. The van der Waals surface area contributed by atoms with E-state index in [9.17, 15) is 14.9 Å². The molecule has 0 saturated heterocycles. The molecule has 0 aliphatic carbocycles. The van der Waals surface area contributed by atoms with E-state index in [1.165, 1.54) is 13.1 Å². The number of carbonyl (C=O) groups is 1. The smallest absolute Gasteiger partial charge is 0.344 e. The number of hydrazone groups is 1. The number of aromatic nitrogens is 2. The summed E-state index contributed by atoms with van der Waals surface area (Å²) in [5, 5.41) is 22.4. The quantitative estimate of drug-likeness (QED) is 0.407. The van der Waals surface area contributed by atoms with Crippen LogP contribution in [0.3, 0.4) is 0 Å². The third kappa shape index (κ3) is 4.69.